The molecule has 1 N–H and O–H groups in total. The highest BCUT2D eigenvalue weighted by molar-refractivity contribution is 6.05. The van der Waals surface area contributed by atoms with Crippen molar-refractivity contribution in [2.75, 3.05) is 12.4 Å². The fraction of sp³-hybridized carbons (Fsp3) is 0.200. The lowest BCUT2D eigenvalue weighted by molar-refractivity contribution is 0.102. The van der Waals surface area contributed by atoms with Crippen LogP contribution >= 0.6 is 0 Å². The van der Waals surface area contributed by atoms with Crippen molar-refractivity contribution in [3.05, 3.63) is 53.2 Å². The van der Waals surface area contributed by atoms with Crippen molar-refractivity contribution < 1.29 is 9.53 Å². The molecule has 0 spiro atoms. The van der Waals surface area contributed by atoms with E-state index in [1.165, 1.54) is 0 Å². The Labute approximate surface area is 112 Å². The Bertz CT molecular complexity index is 595. The molecule has 1 aromatic carbocycles. The zero-order valence-electron chi connectivity index (χ0n) is 11.2. The number of pyridine rings is 1. The number of nitrogens with one attached hydrogen (secondary N) is 1. The highest BCUT2D eigenvalue weighted by Crippen LogP contribution is 2.23. The van der Waals surface area contributed by atoms with Crippen molar-refractivity contribution in [2.24, 2.45) is 0 Å². The van der Waals surface area contributed by atoms with Gasteiger partial charge in [-0.15, -0.1) is 0 Å². The van der Waals surface area contributed by atoms with Gasteiger partial charge in [0.2, 0.25) is 0 Å². The van der Waals surface area contributed by atoms with Crippen LogP contribution in [-0.4, -0.2) is 18.0 Å². The first kappa shape index (κ1) is 13.1. The molecule has 0 unspecified atom stereocenters. The monoisotopic (exact) mass is 256 g/mol. The van der Waals surface area contributed by atoms with Gasteiger partial charge in [0.05, 0.1) is 12.7 Å². The summed E-state index contributed by atoms with van der Waals surface area (Å²) in [4.78, 5) is 16.3. The molecule has 19 heavy (non-hydrogen) atoms. The summed E-state index contributed by atoms with van der Waals surface area (Å²) < 4.78 is 5.26. The molecule has 1 heterocycles. The van der Waals surface area contributed by atoms with E-state index in [9.17, 15) is 4.79 Å². The summed E-state index contributed by atoms with van der Waals surface area (Å²) in [6, 6.07) is 9.05. The van der Waals surface area contributed by atoms with E-state index in [0.29, 0.717) is 17.1 Å². The lowest BCUT2D eigenvalue weighted by Gasteiger charge is -2.11. The van der Waals surface area contributed by atoms with Gasteiger partial charge in [0.15, 0.2) is 0 Å². The van der Waals surface area contributed by atoms with Crippen molar-refractivity contribution in [1.29, 1.82) is 0 Å². The summed E-state index contributed by atoms with van der Waals surface area (Å²) in [5, 5.41) is 2.75. The van der Waals surface area contributed by atoms with E-state index in [-0.39, 0.29) is 5.91 Å². The summed E-state index contributed by atoms with van der Waals surface area (Å²) in [6.45, 7) is 3.95. The number of methoxy groups -OCH3 is 1. The highest BCUT2D eigenvalue weighted by atomic mass is 16.5. The Hall–Kier alpha value is -2.36. The number of carbonyl (C=O) groups excluding carboxylic acids is 1. The Morgan fingerprint density at radius 2 is 1.95 bits per heavy atom. The number of hydrogen-bond donors (Lipinski definition) is 1. The molecule has 4 nitrogen and oxygen atoms in total. The molecular weight excluding hydrogens is 240 g/mol. The number of rotatable bonds is 3. The van der Waals surface area contributed by atoms with Gasteiger partial charge in [-0.1, -0.05) is 6.07 Å². The van der Waals surface area contributed by atoms with Crippen LogP contribution < -0.4 is 10.1 Å². The van der Waals surface area contributed by atoms with E-state index in [0.717, 1.165) is 11.1 Å². The van der Waals surface area contributed by atoms with Crippen molar-refractivity contribution in [3.63, 3.8) is 0 Å². The molecule has 2 rings (SSSR count). The molecule has 0 bridgehead atoms. The van der Waals surface area contributed by atoms with Gasteiger partial charge < -0.3 is 10.1 Å². The van der Waals surface area contributed by atoms with E-state index in [1.54, 1.807) is 25.4 Å². The van der Waals surface area contributed by atoms with Gasteiger partial charge in [0.25, 0.3) is 5.91 Å². The van der Waals surface area contributed by atoms with Crippen LogP contribution in [0.1, 0.15) is 21.5 Å². The molecule has 4 heteroatoms. The molecule has 98 valence electrons. The normalized spacial score (nSPS) is 10.1. The van der Waals surface area contributed by atoms with Gasteiger partial charge in [-0.3, -0.25) is 4.79 Å². The number of nitrogens with zero attached hydrogens (tertiary/aromatic N) is 1. The molecule has 0 atom stereocenters. The second kappa shape index (κ2) is 5.52. The van der Waals surface area contributed by atoms with Gasteiger partial charge in [-0.25, -0.2) is 4.98 Å². The number of anilines is 1. The summed E-state index contributed by atoms with van der Waals surface area (Å²) >= 11 is 0. The predicted octanol–water partition coefficient (Wildman–Crippen LogP) is 2.96. The first-order valence-electron chi connectivity index (χ1n) is 5.99. The maximum absolute atomic E-state index is 12.2. The second-order valence-corrected chi connectivity index (χ2v) is 4.31. The van der Waals surface area contributed by atoms with Crippen LogP contribution in [0.4, 0.5) is 5.82 Å². The van der Waals surface area contributed by atoms with Gasteiger partial charge in [-0.05, 0) is 49.2 Å². The van der Waals surface area contributed by atoms with Crippen LogP contribution in [0, 0.1) is 13.8 Å². The minimum atomic E-state index is -0.223. The standard InChI is InChI=1S/C15H16N2O2/c1-10-8-12(13(19-3)9-11(10)2)15(18)17-14-6-4-5-7-16-14/h4-9H,1-3H3,(H,16,17,18). The average molecular weight is 256 g/mol. The van der Waals surface area contributed by atoms with Gasteiger partial charge in [-0.2, -0.15) is 0 Å². The van der Waals surface area contributed by atoms with Crippen LogP contribution in [-0.2, 0) is 0 Å². The largest absolute Gasteiger partial charge is 0.496 e. The SMILES string of the molecule is COc1cc(C)c(C)cc1C(=O)Nc1ccccn1. The number of aromatic nitrogens is 1. The Morgan fingerprint density at radius 3 is 2.58 bits per heavy atom. The number of carbonyl (C=O) groups is 1. The van der Waals surface area contributed by atoms with E-state index < -0.39 is 0 Å². The smallest absolute Gasteiger partial charge is 0.260 e. The third-order valence-electron chi connectivity index (χ3n) is 2.97. The maximum Gasteiger partial charge on any atom is 0.260 e. The first-order chi connectivity index (χ1) is 9.11. The quantitative estimate of drug-likeness (QED) is 0.918. The first-order valence-corrected chi connectivity index (χ1v) is 5.99. The van der Waals surface area contributed by atoms with Gasteiger partial charge >= 0.3 is 0 Å². The predicted molar refractivity (Wildman–Crippen MR) is 74.7 cm³/mol. The molecule has 1 amide bonds. The molecule has 0 aliphatic rings. The third-order valence-corrected chi connectivity index (χ3v) is 2.97. The van der Waals surface area contributed by atoms with Crippen LogP contribution in [0.5, 0.6) is 5.75 Å². The molecule has 2 aromatic rings. The Balaban J connectivity index is 2.31. The molecule has 0 aliphatic carbocycles. The summed E-state index contributed by atoms with van der Waals surface area (Å²) in [5.74, 6) is 0.864. The Morgan fingerprint density at radius 1 is 1.21 bits per heavy atom. The van der Waals surface area contributed by atoms with Crippen LogP contribution in [0.15, 0.2) is 36.5 Å². The minimum absolute atomic E-state index is 0.223. The van der Waals surface area contributed by atoms with Crippen LogP contribution in [0.2, 0.25) is 0 Å². The fourth-order valence-corrected chi connectivity index (χ4v) is 1.76. The zero-order chi connectivity index (χ0) is 13.8. The third kappa shape index (κ3) is 2.91. The number of hydrogen-bond acceptors (Lipinski definition) is 3. The number of ether oxygens (including phenoxy) is 1. The van der Waals surface area contributed by atoms with Crippen molar-refractivity contribution in [2.45, 2.75) is 13.8 Å². The van der Waals surface area contributed by atoms with E-state index in [2.05, 4.69) is 10.3 Å². The molecule has 0 fully saturated rings. The van der Waals surface area contributed by atoms with Crippen molar-refractivity contribution >= 4 is 11.7 Å². The molecule has 0 aliphatic heterocycles. The van der Waals surface area contributed by atoms with E-state index >= 15 is 0 Å². The lowest BCUT2D eigenvalue weighted by Crippen LogP contribution is -2.14. The zero-order valence-corrected chi connectivity index (χ0v) is 11.2. The summed E-state index contributed by atoms with van der Waals surface area (Å²) in [5.41, 5.74) is 2.65. The lowest BCUT2D eigenvalue weighted by atomic mass is 10.0. The highest BCUT2D eigenvalue weighted by Gasteiger charge is 2.14. The fourth-order valence-electron chi connectivity index (χ4n) is 1.76. The topological polar surface area (TPSA) is 51.2 Å². The number of aryl methyl sites for hydroxylation is 2. The van der Waals surface area contributed by atoms with E-state index in [1.807, 2.05) is 32.0 Å². The summed E-state index contributed by atoms with van der Waals surface area (Å²) in [6.07, 6.45) is 1.63. The molecule has 1 aromatic heterocycles. The van der Waals surface area contributed by atoms with Crippen molar-refractivity contribution in [1.82, 2.24) is 4.98 Å². The van der Waals surface area contributed by atoms with Gasteiger partial charge in [0.1, 0.15) is 11.6 Å². The molecule has 0 saturated carbocycles. The second-order valence-electron chi connectivity index (χ2n) is 4.31. The molecular formula is C15H16N2O2. The summed E-state index contributed by atoms with van der Waals surface area (Å²) in [7, 11) is 1.56. The van der Waals surface area contributed by atoms with E-state index in [4.69, 9.17) is 4.74 Å². The van der Waals surface area contributed by atoms with Crippen LogP contribution in [0.3, 0.4) is 0 Å². The Kier molecular flexibility index (Phi) is 3.80. The maximum atomic E-state index is 12.2. The van der Waals surface area contributed by atoms with Crippen LogP contribution in [0.25, 0.3) is 0 Å². The number of amides is 1. The number of benzene rings is 1. The van der Waals surface area contributed by atoms with Gasteiger partial charge in [0, 0.05) is 6.20 Å². The van der Waals surface area contributed by atoms with Crippen molar-refractivity contribution in [3.8, 4) is 5.75 Å². The minimum Gasteiger partial charge on any atom is -0.496 e. The molecule has 0 saturated heterocycles. The average Bonchev–Trinajstić information content (AvgIpc) is 2.42. The molecule has 0 radical (unpaired) electrons.